The van der Waals surface area contributed by atoms with Crippen molar-refractivity contribution in [1.82, 2.24) is 0 Å². The summed E-state index contributed by atoms with van der Waals surface area (Å²) in [5.41, 5.74) is -7.85. The van der Waals surface area contributed by atoms with Crippen LogP contribution in [-0.2, 0) is 34.1 Å². The molecule has 2 aromatic rings. The normalized spacial score (nSPS) is 30.5. The molecule has 0 unspecified atom stereocenters. The smallest absolute Gasteiger partial charge is 0.421 e. The molecule has 6 atom stereocenters. The molecule has 224 valence electrons. The van der Waals surface area contributed by atoms with Crippen LogP contribution in [0, 0.1) is 23.1 Å². The first-order valence-corrected chi connectivity index (χ1v) is 13.8. The number of rotatable bonds is 5. The fourth-order valence-electron chi connectivity index (χ4n) is 6.97. The molecule has 4 rings (SSSR count). The molecule has 0 saturated heterocycles. The summed E-state index contributed by atoms with van der Waals surface area (Å²) in [5, 5.41) is 12.2. The van der Waals surface area contributed by atoms with Gasteiger partial charge in [-0.1, -0.05) is 42.5 Å². The number of fused-ring (bicyclic) bond motifs is 2. The van der Waals surface area contributed by atoms with E-state index in [-0.39, 0.29) is 12.2 Å². The van der Waals surface area contributed by atoms with Crippen LogP contribution in [0.4, 0.5) is 14.9 Å². The van der Waals surface area contributed by atoms with E-state index in [1.54, 1.807) is 51.1 Å². The molecular formula is C32H36FNO8. The zero-order valence-corrected chi connectivity index (χ0v) is 24.8. The summed E-state index contributed by atoms with van der Waals surface area (Å²) in [7, 11) is 0. The van der Waals surface area contributed by atoms with E-state index in [9.17, 15) is 24.3 Å². The van der Waals surface area contributed by atoms with Gasteiger partial charge in [-0.15, -0.1) is 0 Å². The largest absolute Gasteiger partial charge is 0.466 e. The van der Waals surface area contributed by atoms with Crippen molar-refractivity contribution in [2.24, 2.45) is 17.3 Å². The Bertz CT molecular complexity index is 1450. The fraction of sp³-hybridized carbons (Fsp3) is 0.469. The maximum absolute atomic E-state index is 15.8. The Morgan fingerprint density at radius 3 is 2.21 bits per heavy atom. The number of ether oxygens (including phenoxy) is 2. The Morgan fingerprint density at radius 2 is 1.69 bits per heavy atom. The van der Waals surface area contributed by atoms with Crippen molar-refractivity contribution in [3.63, 3.8) is 0 Å². The number of carbonyl (C=O) groups is 5. The van der Waals surface area contributed by atoms with E-state index in [0.717, 1.165) is 13.0 Å². The third kappa shape index (κ3) is 4.18. The van der Waals surface area contributed by atoms with Gasteiger partial charge in [-0.2, -0.15) is 0 Å². The highest BCUT2D eigenvalue weighted by Gasteiger charge is 2.78. The summed E-state index contributed by atoms with van der Waals surface area (Å²) in [6.07, 6.45) is -0.751. The topological polar surface area (TPSA) is 127 Å². The van der Waals surface area contributed by atoms with E-state index >= 15 is 9.18 Å². The third-order valence-electron chi connectivity index (χ3n) is 8.93. The average Bonchev–Trinajstić information content (AvgIpc) is 3.15. The lowest BCUT2D eigenvalue weighted by Crippen LogP contribution is -2.73. The number of ketones is 1. The number of aldehydes is 1. The summed E-state index contributed by atoms with van der Waals surface area (Å²) in [5.74, 6) is -8.35. The van der Waals surface area contributed by atoms with Crippen molar-refractivity contribution >= 4 is 35.7 Å². The van der Waals surface area contributed by atoms with Gasteiger partial charge in [0, 0.05) is 5.92 Å². The number of nitrogens with zero attached hydrogens (tertiary/aromatic N) is 1. The van der Waals surface area contributed by atoms with Crippen LogP contribution in [0.3, 0.4) is 0 Å². The first-order chi connectivity index (χ1) is 19.5. The SMILES string of the molecule is CCOC(=O)[C@H]1[C@@]2(C(=O)N(C(=O)OC(C)(C)C)c3c(F)cccc32)[C@@H](c2ccccc2)[C@H](C=O)[C@](C)(O)[C@]1(C)C(C)=O. The minimum absolute atomic E-state index is 0.0971. The third-order valence-corrected chi connectivity index (χ3v) is 8.93. The Morgan fingerprint density at radius 1 is 1.07 bits per heavy atom. The van der Waals surface area contributed by atoms with Crippen molar-refractivity contribution in [2.75, 3.05) is 11.5 Å². The minimum Gasteiger partial charge on any atom is -0.466 e. The van der Waals surface area contributed by atoms with Gasteiger partial charge in [0.25, 0.3) is 0 Å². The first kappa shape index (κ1) is 31.0. The zero-order valence-electron chi connectivity index (χ0n) is 24.8. The number of Topliss-reactive ketones (excluding diaryl/α,β-unsaturated/α-hetero) is 1. The minimum atomic E-state index is -2.25. The number of hydrogen-bond donors (Lipinski definition) is 1. The molecule has 9 nitrogen and oxygen atoms in total. The van der Waals surface area contributed by atoms with E-state index in [1.165, 1.54) is 32.9 Å². The molecule has 1 aliphatic heterocycles. The average molecular weight is 582 g/mol. The van der Waals surface area contributed by atoms with Crippen LogP contribution >= 0.6 is 0 Å². The monoisotopic (exact) mass is 581 g/mol. The molecule has 2 aliphatic rings. The van der Waals surface area contributed by atoms with Gasteiger partial charge in [-0.25, -0.2) is 14.1 Å². The number of esters is 1. The Kier molecular flexibility index (Phi) is 7.69. The fourth-order valence-corrected chi connectivity index (χ4v) is 6.97. The zero-order chi connectivity index (χ0) is 31.4. The second-order valence-corrected chi connectivity index (χ2v) is 12.3. The Labute approximate surface area is 244 Å². The van der Waals surface area contributed by atoms with E-state index in [1.807, 2.05) is 0 Å². The van der Waals surface area contributed by atoms with Crippen molar-refractivity contribution in [1.29, 1.82) is 0 Å². The number of halogens is 1. The van der Waals surface area contributed by atoms with Crippen LogP contribution in [-0.4, -0.2) is 53.0 Å². The number of aliphatic hydroxyl groups is 1. The summed E-state index contributed by atoms with van der Waals surface area (Å²) >= 11 is 0. The highest BCUT2D eigenvalue weighted by Crippen LogP contribution is 2.68. The van der Waals surface area contributed by atoms with Crippen LogP contribution in [0.25, 0.3) is 0 Å². The summed E-state index contributed by atoms with van der Waals surface area (Å²) in [6.45, 7) is 9.85. The molecule has 1 fully saturated rings. The number of anilines is 1. The molecule has 1 aliphatic carbocycles. The lowest BCUT2D eigenvalue weighted by Gasteiger charge is -2.61. The molecule has 1 spiro atoms. The summed E-state index contributed by atoms with van der Waals surface area (Å²) < 4.78 is 26.8. The van der Waals surface area contributed by atoms with Gasteiger partial charge < -0.3 is 19.4 Å². The number of amides is 2. The molecule has 0 aromatic heterocycles. The highest BCUT2D eigenvalue weighted by atomic mass is 19.1. The van der Waals surface area contributed by atoms with Gasteiger partial charge >= 0.3 is 12.1 Å². The van der Waals surface area contributed by atoms with Gasteiger partial charge in [0.05, 0.1) is 40.6 Å². The number of imide groups is 1. The molecule has 1 saturated carbocycles. The quantitative estimate of drug-likeness (QED) is 0.405. The van der Waals surface area contributed by atoms with Crippen LogP contribution in [0.2, 0.25) is 0 Å². The second kappa shape index (κ2) is 10.4. The molecule has 2 amide bonds. The molecule has 1 N–H and O–H groups in total. The number of para-hydroxylation sites is 1. The van der Waals surface area contributed by atoms with Gasteiger partial charge in [0.15, 0.2) is 0 Å². The van der Waals surface area contributed by atoms with E-state index in [2.05, 4.69) is 0 Å². The van der Waals surface area contributed by atoms with Crippen LogP contribution in [0.5, 0.6) is 0 Å². The van der Waals surface area contributed by atoms with E-state index < -0.39 is 75.0 Å². The van der Waals surface area contributed by atoms with Crippen LogP contribution < -0.4 is 4.90 Å². The van der Waals surface area contributed by atoms with Gasteiger partial charge in [0.2, 0.25) is 5.91 Å². The molecule has 0 radical (unpaired) electrons. The lowest BCUT2D eigenvalue weighted by molar-refractivity contribution is -0.207. The molecule has 0 bridgehead atoms. The molecule has 2 aromatic carbocycles. The van der Waals surface area contributed by atoms with Crippen molar-refractivity contribution in [3.8, 4) is 0 Å². The number of hydrogen-bond acceptors (Lipinski definition) is 8. The Hall–Kier alpha value is -3.92. The van der Waals surface area contributed by atoms with E-state index in [4.69, 9.17) is 9.47 Å². The summed E-state index contributed by atoms with van der Waals surface area (Å²) in [4.78, 5) is 70.0. The van der Waals surface area contributed by atoms with Gasteiger partial charge in [-0.3, -0.25) is 14.4 Å². The van der Waals surface area contributed by atoms with Crippen molar-refractivity contribution in [3.05, 3.63) is 65.5 Å². The number of carbonyl (C=O) groups excluding carboxylic acids is 5. The Balaban J connectivity index is 2.25. The van der Waals surface area contributed by atoms with Crippen LogP contribution in [0.1, 0.15) is 65.5 Å². The predicted molar refractivity (Wildman–Crippen MR) is 150 cm³/mol. The van der Waals surface area contributed by atoms with Crippen molar-refractivity contribution in [2.45, 2.75) is 71.0 Å². The van der Waals surface area contributed by atoms with E-state index in [0.29, 0.717) is 16.7 Å². The summed E-state index contributed by atoms with van der Waals surface area (Å²) in [6, 6.07) is 12.0. The molecule has 42 heavy (non-hydrogen) atoms. The molecule has 1 heterocycles. The molecular weight excluding hydrogens is 545 g/mol. The van der Waals surface area contributed by atoms with Crippen molar-refractivity contribution < 1.29 is 42.9 Å². The standard InChI is InChI=1S/C32H36FNO8/c1-8-41-26(37)25-30(6,18(2)36)31(7,40)21(17-35)23(19-13-10-9-11-14-19)32(25)20-15-12-16-22(33)24(20)34(27(32)38)28(39)42-29(3,4)5/h9-17,21,23,25,40H,8H2,1-7H3/t21-,23-,25+,30+,31-,32-/m0/s1. The maximum atomic E-state index is 15.8. The highest BCUT2D eigenvalue weighted by molar-refractivity contribution is 6.23. The predicted octanol–water partition coefficient (Wildman–Crippen LogP) is 4.48. The van der Waals surface area contributed by atoms with Gasteiger partial charge in [0.1, 0.15) is 23.5 Å². The van der Waals surface area contributed by atoms with Gasteiger partial charge in [-0.05, 0) is 65.7 Å². The first-order valence-electron chi connectivity index (χ1n) is 13.8. The second-order valence-electron chi connectivity index (χ2n) is 12.3. The molecule has 10 heteroatoms. The van der Waals surface area contributed by atoms with Crippen LogP contribution in [0.15, 0.2) is 48.5 Å². The maximum Gasteiger partial charge on any atom is 0.421 e. The lowest BCUT2D eigenvalue weighted by atomic mass is 9.40. The number of benzene rings is 2.